The van der Waals surface area contributed by atoms with Gasteiger partial charge in [-0.2, -0.15) is 0 Å². The molecule has 3 aliphatic rings. The minimum Gasteiger partial charge on any atom is -0.493 e. The normalized spacial score (nSPS) is 24.1. The van der Waals surface area contributed by atoms with Crippen molar-refractivity contribution >= 4 is 17.7 Å². The second kappa shape index (κ2) is 8.63. The van der Waals surface area contributed by atoms with Crippen LogP contribution in [0.5, 0.6) is 11.5 Å². The fourth-order valence-corrected chi connectivity index (χ4v) is 4.84. The van der Waals surface area contributed by atoms with Gasteiger partial charge in [0.25, 0.3) is 0 Å². The molecule has 0 aliphatic carbocycles. The Morgan fingerprint density at radius 2 is 1.67 bits per heavy atom. The number of amides is 3. The lowest BCUT2D eigenvalue weighted by Crippen LogP contribution is -2.38. The summed E-state index contributed by atoms with van der Waals surface area (Å²) >= 11 is 0. The van der Waals surface area contributed by atoms with Gasteiger partial charge >= 0.3 is 0 Å². The van der Waals surface area contributed by atoms with Crippen molar-refractivity contribution in [1.82, 2.24) is 14.7 Å². The van der Waals surface area contributed by atoms with E-state index in [0.717, 1.165) is 18.5 Å². The van der Waals surface area contributed by atoms with Crippen molar-refractivity contribution in [3.63, 3.8) is 0 Å². The van der Waals surface area contributed by atoms with E-state index in [1.165, 1.54) is 4.90 Å². The molecule has 0 bridgehead atoms. The highest BCUT2D eigenvalue weighted by Gasteiger charge is 2.51. The molecule has 4 rings (SSSR count). The van der Waals surface area contributed by atoms with Crippen molar-refractivity contribution in [3.05, 3.63) is 23.8 Å². The molecule has 3 fully saturated rings. The average Bonchev–Trinajstić information content (AvgIpc) is 3.41. The topological polar surface area (TPSA) is 79.4 Å². The largest absolute Gasteiger partial charge is 0.493 e. The molecule has 1 aromatic carbocycles. The molecule has 30 heavy (non-hydrogen) atoms. The van der Waals surface area contributed by atoms with E-state index >= 15 is 0 Å². The summed E-state index contributed by atoms with van der Waals surface area (Å²) in [7, 11) is 3.21. The predicted octanol–water partition coefficient (Wildman–Crippen LogP) is 1.13. The molecular formula is C22H29N3O5. The zero-order chi connectivity index (χ0) is 21.3. The number of nitrogens with zero attached hydrogens (tertiary/aromatic N) is 3. The Morgan fingerprint density at radius 3 is 2.27 bits per heavy atom. The Labute approximate surface area is 176 Å². The molecule has 8 heteroatoms. The lowest BCUT2D eigenvalue weighted by atomic mass is 10.00. The molecule has 3 saturated heterocycles. The lowest BCUT2D eigenvalue weighted by Gasteiger charge is -2.22. The number of ether oxygens (including phenoxy) is 2. The highest BCUT2D eigenvalue weighted by molar-refractivity contribution is 6.05. The van der Waals surface area contributed by atoms with Crippen molar-refractivity contribution < 1.29 is 23.9 Å². The van der Waals surface area contributed by atoms with Crippen molar-refractivity contribution in [1.29, 1.82) is 0 Å². The number of rotatable bonds is 8. The summed E-state index contributed by atoms with van der Waals surface area (Å²) in [5.74, 6) is 0.884. The average molecular weight is 415 g/mol. The van der Waals surface area contributed by atoms with E-state index in [2.05, 4.69) is 4.90 Å². The number of carbonyl (C=O) groups excluding carboxylic acids is 3. The predicted molar refractivity (Wildman–Crippen MR) is 109 cm³/mol. The Morgan fingerprint density at radius 1 is 0.967 bits per heavy atom. The quantitative estimate of drug-likeness (QED) is 0.593. The number of hydrogen-bond acceptors (Lipinski definition) is 6. The summed E-state index contributed by atoms with van der Waals surface area (Å²) in [5.41, 5.74) is 1.06. The zero-order valence-electron chi connectivity index (χ0n) is 17.6. The molecular weight excluding hydrogens is 386 g/mol. The first-order valence-electron chi connectivity index (χ1n) is 10.6. The van der Waals surface area contributed by atoms with Crippen molar-refractivity contribution in [2.75, 3.05) is 46.9 Å². The summed E-state index contributed by atoms with van der Waals surface area (Å²) in [4.78, 5) is 42.8. The third-order valence-electron chi connectivity index (χ3n) is 6.40. The van der Waals surface area contributed by atoms with Crippen LogP contribution in [-0.4, -0.2) is 79.4 Å². The molecule has 8 nitrogen and oxygen atoms in total. The fourth-order valence-electron chi connectivity index (χ4n) is 4.84. The third kappa shape index (κ3) is 3.88. The van der Waals surface area contributed by atoms with Gasteiger partial charge in [0, 0.05) is 45.7 Å². The molecule has 3 aliphatic heterocycles. The maximum absolute atomic E-state index is 12.8. The Balaban J connectivity index is 1.32. The first kappa shape index (κ1) is 20.7. The first-order chi connectivity index (χ1) is 14.5. The van der Waals surface area contributed by atoms with Gasteiger partial charge in [0.1, 0.15) is 0 Å². The van der Waals surface area contributed by atoms with Gasteiger partial charge in [0.2, 0.25) is 17.7 Å². The van der Waals surface area contributed by atoms with Crippen molar-refractivity contribution in [2.24, 2.45) is 11.8 Å². The number of fused-ring (bicyclic) bond motifs is 1. The molecule has 0 N–H and O–H groups in total. The number of hydrogen-bond donors (Lipinski definition) is 0. The van der Waals surface area contributed by atoms with Crippen molar-refractivity contribution in [2.45, 2.75) is 25.8 Å². The summed E-state index contributed by atoms with van der Waals surface area (Å²) in [5, 5.41) is 0. The van der Waals surface area contributed by atoms with Crippen LogP contribution < -0.4 is 9.47 Å². The van der Waals surface area contributed by atoms with Crippen LogP contribution in [0.2, 0.25) is 0 Å². The van der Waals surface area contributed by atoms with Crippen LogP contribution in [0.4, 0.5) is 0 Å². The molecule has 0 saturated carbocycles. The maximum Gasteiger partial charge on any atom is 0.234 e. The van der Waals surface area contributed by atoms with E-state index < -0.39 is 0 Å². The Hall–Kier alpha value is -2.61. The van der Waals surface area contributed by atoms with Crippen molar-refractivity contribution in [3.8, 4) is 11.5 Å². The van der Waals surface area contributed by atoms with Crippen LogP contribution in [0, 0.1) is 11.8 Å². The van der Waals surface area contributed by atoms with Gasteiger partial charge in [-0.05, 0) is 30.5 Å². The number of imide groups is 1. The van der Waals surface area contributed by atoms with E-state index in [4.69, 9.17) is 9.47 Å². The van der Waals surface area contributed by atoms with Crippen LogP contribution in [0.25, 0.3) is 0 Å². The standard InChI is InChI=1S/C22H29N3O5/c1-29-18-7-6-15(11-19(18)30-2)12-23-13-16-17(14-23)22(28)25(21(16)27)10-4-9-24-8-3-5-20(24)26/h6-7,11,16-17H,3-5,8-10,12-14H2,1-2H3/t16-,17+. The molecule has 1 aromatic rings. The minimum atomic E-state index is -0.258. The van der Waals surface area contributed by atoms with E-state index in [1.807, 2.05) is 23.1 Å². The number of benzene rings is 1. The third-order valence-corrected chi connectivity index (χ3v) is 6.40. The number of methoxy groups -OCH3 is 2. The zero-order valence-corrected chi connectivity index (χ0v) is 17.6. The van der Waals surface area contributed by atoms with Gasteiger partial charge in [-0.15, -0.1) is 0 Å². The molecule has 0 unspecified atom stereocenters. The van der Waals surface area contributed by atoms with Crippen LogP contribution >= 0.6 is 0 Å². The van der Waals surface area contributed by atoms with Gasteiger partial charge in [-0.3, -0.25) is 24.2 Å². The summed E-state index contributed by atoms with van der Waals surface area (Å²) < 4.78 is 10.6. The first-order valence-corrected chi connectivity index (χ1v) is 10.6. The monoisotopic (exact) mass is 415 g/mol. The van der Waals surface area contributed by atoms with Gasteiger partial charge in [0.15, 0.2) is 11.5 Å². The van der Waals surface area contributed by atoms with E-state index in [9.17, 15) is 14.4 Å². The molecule has 0 spiro atoms. The molecule has 3 heterocycles. The van der Waals surface area contributed by atoms with Crippen LogP contribution in [0.3, 0.4) is 0 Å². The van der Waals surface area contributed by atoms with Gasteiger partial charge in [-0.25, -0.2) is 0 Å². The number of likely N-dealkylation sites (tertiary alicyclic amines) is 3. The minimum absolute atomic E-state index is 0.0624. The van der Waals surface area contributed by atoms with Gasteiger partial charge in [-0.1, -0.05) is 6.07 Å². The second-order valence-corrected chi connectivity index (χ2v) is 8.26. The smallest absolute Gasteiger partial charge is 0.234 e. The fraction of sp³-hybridized carbons (Fsp3) is 0.591. The lowest BCUT2D eigenvalue weighted by molar-refractivity contribution is -0.140. The molecule has 162 valence electrons. The van der Waals surface area contributed by atoms with Crippen LogP contribution in [0.1, 0.15) is 24.8 Å². The summed E-state index contributed by atoms with van der Waals surface area (Å²) in [6.07, 6.45) is 2.17. The highest BCUT2D eigenvalue weighted by atomic mass is 16.5. The van der Waals surface area contributed by atoms with Gasteiger partial charge in [0.05, 0.1) is 26.1 Å². The molecule has 3 amide bonds. The summed E-state index contributed by atoms with van der Waals surface area (Å²) in [6.45, 7) is 3.65. The SMILES string of the molecule is COc1ccc(CN2C[C@@H]3C(=O)N(CCCN4CCCC4=O)C(=O)[C@@H]3C2)cc1OC. The molecule has 2 atom stereocenters. The van der Waals surface area contributed by atoms with Gasteiger partial charge < -0.3 is 14.4 Å². The van der Waals surface area contributed by atoms with E-state index in [0.29, 0.717) is 57.1 Å². The highest BCUT2D eigenvalue weighted by Crippen LogP contribution is 2.35. The Kier molecular flexibility index (Phi) is 5.94. The molecule has 0 radical (unpaired) electrons. The Bertz CT molecular complexity index is 818. The summed E-state index contributed by atoms with van der Waals surface area (Å²) in [6, 6.07) is 5.78. The molecule has 0 aromatic heterocycles. The van der Waals surface area contributed by atoms with E-state index in [1.54, 1.807) is 14.2 Å². The van der Waals surface area contributed by atoms with Crippen LogP contribution in [-0.2, 0) is 20.9 Å². The second-order valence-electron chi connectivity index (χ2n) is 8.26. The maximum atomic E-state index is 12.8. The van der Waals surface area contributed by atoms with Crippen LogP contribution in [0.15, 0.2) is 18.2 Å². The van der Waals surface area contributed by atoms with E-state index in [-0.39, 0.29) is 29.6 Å². The number of carbonyl (C=O) groups is 3.